The van der Waals surface area contributed by atoms with Crippen LogP contribution in [-0.4, -0.2) is 47.8 Å². The van der Waals surface area contributed by atoms with Gasteiger partial charge in [0.25, 0.3) is 5.91 Å². The number of nitrogens with one attached hydrogen (secondary N) is 1. The second-order valence-corrected chi connectivity index (χ2v) is 8.70. The molecule has 8 heteroatoms. The largest absolute Gasteiger partial charge is 0.349 e. The Hall–Kier alpha value is -2.19. The Morgan fingerprint density at radius 3 is 2.81 bits per heavy atom. The molecule has 0 aliphatic heterocycles. The number of carbonyl (C=O) groups is 1. The highest BCUT2D eigenvalue weighted by Crippen LogP contribution is 2.21. The maximum absolute atomic E-state index is 12.8. The first-order valence-corrected chi connectivity index (χ1v) is 10.2. The normalized spacial score (nSPS) is 14.6. The molecule has 140 valence electrons. The Labute approximate surface area is 154 Å². The van der Waals surface area contributed by atoms with E-state index in [1.165, 1.54) is 16.4 Å². The summed E-state index contributed by atoms with van der Waals surface area (Å²) in [6.45, 7) is 0.383. The zero-order valence-corrected chi connectivity index (χ0v) is 15.9. The molecular formula is C18H24N4O3S. The molecule has 3 rings (SSSR count). The van der Waals surface area contributed by atoms with Crippen LogP contribution in [0.3, 0.4) is 0 Å². The summed E-state index contributed by atoms with van der Waals surface area (Å²) >= 11 is 0. The first-order chi connectivity index (χ1) is 12.4. The monoisotopic (exact) mass is 376 g/mol. The van der Waals surface area contributed by atoms with Crippen LogP contribution < -0.4 is 5.32 Å². The van der Waals surface area contributed by atoms with Gasteiger partial charge in [0.2, 0.25) is 10.0 Å². The summed E-state index contributed by atoms with van der Waals surface area (Å²) in [5.41, 5.74) is 0.374. The smallest absolute Gasteiger partial charge is 0.251 e. The number of rotatable bonds is 8. The van der Waals surface area contributed by atoms with Gasteiger partial charge in [-0.15, -0.1) is 0 Å². The summed E-state index contributed by atoms with van der Waals surface area (Å²) < 4.78 is 28.8. The Morgan fingerprint density at radius 1 is 1.38 bits per heavy atom. The molecule has 0 unspecified atom stereocenters. The van der Waals surface area contributed by atoms with E-state index >= 15 is 0 Å². The summed E-state index contributed by atoms with van der Waals surface area (Å²) in [7, 11) is -0.155. The van der Waals surface area contributed by atoms with Crippen LogP contribution >= 0.6 is 0 Å². The number of carbonyl (C=O) groups excluding carboxylic acids is 1. The van der Waals surface area contributed by atoms with Gasteiger partial charge in [0.1, 0.15) is 5.82 Å². The van der Waals surface area contributed by atoms with Crippen molar-refractivity contribution in [2.24, 2.45) is 7.05 Å². The van der Waals surface area contributed by atoms with E-state index < -0.39 is 10.0 Å². The van der Waals surface area contributed by atoms with Gasteiger partial charge in [0.15, 0.2) is 0 Å². The molecule has 0 saturated heterocycles. The predicted octanol–water partition coefficient (Wildman–Crippen LogP) is 1.57. The lowest BCUT2D eigenvalue weighted by Crippen LogP contribution is -2.29. The fraction of sp³-hybridized carbons (Fsp3) is 0.444. The number of hydrogen-bond donors (Lipinski definition) is 1. The van der Waals surface area contributed by atoms with Crippen LogP contribution in [0.15, 0.2) is 41.6 Å². The van der Waals surface area contributed by atoms with Gasteiger partial charge >= 0.3 is 0 Å². The zero-order chi connectivity index (χ0) is 18.7. The summed E-state index contributed by atoms with van der Waals surface area (Å²) in [5.74, 6) is 0.705. The van der Waals surface area contributed by atoms with E-state index in [4.69, 9.17) is 0 Å². The number of aryl methyl sites for hydroxylation is 2. The van der Waals surface area contributed by atoms with Gasteiger partial charge in [-0.2, -0.15) is 0 Å². The topological polar surface area (TPSA) is 84.3 Å². The molecule has 1 aliphatic rings. The molecular weight excluding hydrogens is 352 g/mol. The van der Waals surface area contributed by atoms with Gasteiger partial charge in [-0.1, -0.05) is 6.07 Å². The number of amides is 1. The van der Waals surface area contributed by atoms with Gasteiger partial charge in [-0.3, -0.25) is 4.79 Å². The molecule has 1 aromatic heterocycles. The molecule has 1 fully saturated rings. The van der Waals surface area contributed by atoms with Crippen molar-refractivity contribution in [3.8, 4) is 0 Å². The number of benzene rings is 1. The van der Waals surface area contributed by atoms with Crippen LogP contribution in [-0.2, 0) is 23.5 Å². The number of sulfonamides is 1. The quantitative estimate of drug-likeness (QED) is 0.758. The Morgan fingerprint density at radius 2 is 2.15 bits per heavy atom. The minimum Gasteiger partial charge on any atom is -0.349 e. The fourth-order valence-electron chi connectivity index (χ4n) is 2.69. The first-order valence-electron chi connectivity index (χ1n) is 8.71. The first kappa shape index (κ1) is 18.6. The molecule has 0 spiro atoms. The van der Waals surface area contributed by atoms with E-state index in [2.05, 4.69) is 10.3 Å². The molecule has 2 aromatic rings. The van der Waals surface area contributed by atoms with Gasteiger partial charge in [-0.25, -0.2) is 17.7 Å². The van der Waals surface area contributed by atoms with Crippen molar-refractivity contribution in [3.05, 3.63) is 48.0 Å². The molecule has 1 aliphatic carbocycles. The molecule has 0 atom stereocenters. The average Bonchev–Trinajstić information content (AvgIpc) is 3.35. The highest BCUT2D eigenvalue weighted by molar-refractivity contribution is 7.89. The van der Waals surface area contributed by atoms with Crippen molar-refractivity contribution >= 4 is 15.9 Å². The molecule has 1 heterocycles. The second-order valence-electron chi connectivity index (χ2n) is 6.66. The summed E-state index contributed by atoms with van der Waals surface area (Å²) in [6, 6.07) is 6.45. The molecule has 0 radical (unpaired) electrons. The third kappa shape index (κ3) is 4.31. The molecule has 1 aromatic carbocycles. The van der Waals surface area contributed by atoms with Crippen LogP contribution in [0.5, 0.6) is 0 Å². The third-order valence-corrected chi connectivity index (χ3v) is 6.36. The molecule has 1 N–H and O–H groups in total. The van der Waals surface area contributed by atoms with Crippen molar-refractivity contribution in [2.45, 2.75) is 36.6 Å². The minimum absolute atomic E-state index is 0.139. The van der Waals surface area contributed by atoms with Gasteiger partial charge in [-0.05, 0) is 37.5 Å². The molecule has 7 nitrogen and oxygen atoms in total. The van der Waals surface area contributed by atoms with Crippen molar-refractivity contribution in [1.29, 1.82) is 0 Å². The second kappa shape index (κ2) is 7.59. The molecule has 26 heavy (non-hydrogen) atoms. The summed E-state index contributed by atoms with van der Waals surface area (Å²) in [5, 5.41) is 2.88. The lowest BCUT2D eigenvalue weighted by Gasteiger charge is -2.17. The van der Waals surface area contributed by atoms with Gasteiger partial charge in [0, 0.05) is 51.1 Å². The fourth-order valence-corrected chi connectivity index (χ4v) is 3.95. The van der Waals surface area contributed by atoms with E-state index in [9.17, 15) is 13.2 Å². The van der Waals surface area contributed by atoms with Crippen molar-refractivity contribution in [1.82, 2.24) is 19.2 Å². The third-order valence-electron chi connectivity index (χ3n) is 4.51. The minimum atomic E-state index is -3.63. The van der Waals surface area contributed by atoms with Crippen LogP contribution in [0, 0.1) is 0 Å². The molecule has 0 bridgehead atoms. The highest BCUT2D eigenvalue weighted by Gasteiger charge is 2.25. The number of imidazole rings is 1. The van der Waals surface area contributed by atoms with E-state index in [0.717, 1.165) is 18.7 Å². The lowest BCUT2D eigenvalue weighted by atomic mass is 10.2. The zero-order valence-electron chi connectivity index (χ0n) is 15.1. The van der Waals surface area contributed by atoms with Crippen molar-refractivity contribution in [3.63, 3.8) is 0 Å². The number of hydrogen-bond acceptors (Lipinski definition) is 4. The Kier molecular flexibility index (Phi) is 5.43. The predicted molar refractivity (Wildman–Crippen MR) is 98.3 cm³/mol. The van der Waals surface area contributed by atoms with Crippen LogP contribution in [0.25, 0.3) is 0 Å². The van der Waals surface area contributed by atoms with Crippen molar-refractivity contribution in [2.75, 3.05) is 13.6 Å². The van der Waals surface area contributed by atoms with E-state index in [1.807, 2.05) is 17.8 Å². The van der Waals surface area contributed by atoms with Crippen molar-refractivity contribution < 1.29 is 13.2 Å². The van der Waals surface area contributed by atoms with Gasteiger partial charge < -0.3 is 9.88 Å². The maximum Gasteiger partial charge on any atom is 0.251 e. The van der Waals surface area contributed by atoms with Crippen LogP contribution in [0.1, 0.15) is 35.4 Å². The standard InChI is InChI=1S/C18H24N4O3S/c1-21-12-10-19-17(21)7-4-11-22(2)26(24,25)16-6-3-5-14(13-16)18(23)20-15-8-9-15/h3,5-6,10,12-13,15H,4,7-9,11H2,1-2H3,(H,20,23). The summed E-state index contributed by atoms with van der Waals surface area (Å²) in [6.07, 6.45) is 6.95. The summed E-state index contributed by atoms with van der Waals surface area (Å²) in [4.78, 5) is 16.5. The lowest BCUT2D eigenvalue weighted by molar-refractivity contribution is 0.0951. The highest BCUT2D eigenvalue weighted by atomic mass is 32.2. The number of nitrogens with zero attached hydrogens (tertiary/aromatic N) is 3. The van der Waals surface area contributed by atoms with Crippen LogP contribution in [0.2, 0.25) is 0 Å². The average molecular weight is 376 g/mol. The van der Waals surface area contributed by atoms with Gasteiger partial charge in [0.05, 0.1) is 4.90 Å². The molecule has 1 amide bonds. The molecule has 1 saturated carbocycles. The van der Waals surface area contributed by atoms with E-state index in [1.54, 1.807) is 25.4 Å². The Bertz CT molecular complexity index is 887. The number of aromatic nitrogens is 2. The SMILES string of the molecule is CN(CCCc1nccn1C)S(=O)(=O)c1cccc(C(=O)NC2CC2)c1. The maximum atomic E-state index is 12.8. The Balaban J connectivity index is 1.64. The van der Waals surface area contributed by atoms with E-state index in [0.29, 0.717) is 24.9 Å². The van der Waals surface area contributed by atoms with E-state index in [-0.39, 0.29) is 16.8 Å². The van der Waals surface area contributed by atoms with Crippen LogP contribution in [0.4, 0.5) is 0 Å².